The lowest BCUT2D eigenvalue weighted by Gasteiger charge is -2.33. The summed E-state index contributed by atoms with van der Waals surface area (Å²) in [5.74, 6) is 0.842. The van der Waals surface area contributed by atoms with Gasteiger partial charge in [-0.25, -0.2) is 9.37 Å². The molecule has 1 aromatic carbocycles. The van der Waals surface area contributed by atoms with E-state index in [9.17, 15) is 9.50 Å². The van der Waals surface area contributed by atoms with Crippen LogP contribution in [0.25, 0.3) is 0 Å². The van der Waals surface area contributed by atoms with Crippen LogP contribution in [0.2, 0.25) is 0 Å². The van der Waals surface area contributed by atoms with Crippen LogP contribution < -0.4 is 10.1 Å². The normalized spacial score (nSPS) is 17.5. The van der Waals surface area contributed by atoms with Crippen molar-refractivity contribution in [1.29, 1.82) is 0 Å². The average Bonchev–Trinajstić information content (AvgIpc) is 2.63. The first-order chi connectivity index (χ1) is 12.5. The van der Waals surface area contributed by atoms with Crippen molar-refractivity contribution in [3.63, 3.8) is 0 Å². The third-order valence-electron chi connectivity index (χ3n) is 3.96. The van der Waals surface area contributed by atoms with Crippen molar-refractivity contribution in [2.45, 2.75) is 12.5 Å². The lowest BCUT2D eigenvalue weighted by molar-refractivity contribution is -0.0164. The molecule has 2 N–H and O–H groups in total. The van der Waals surface area contributed by atoms with E-state index < -0.39 is 5.60 Å². The summed E-state index contributed by atoms with van der Waals surface area (Å²) >= 11 is 0. The highest BCUT2D eigenvalue weighted by Gasteiger charge is 2.25. The summed E-state index contributed by atoms with van der Waals surface area (Å²) in [4.78, 5) is 10.6. The number of hydrogen-bond donors (Lipinski definition) is 2. The zero-order chi connectivity index (χ0) is 18.4. The lowest BCUT2D eigenvalue weighted by atomic mass is 10.1. The topological polar surface area (TPSA) is 79.7 Å². The zero-order valence-electron chi connectivity index (χ0n) is 14.7. The van der Waals surface area contributed by atoms with E-state index in [0.29, 0.717) is 43.9 Å². The molecule has 0 aliphatic carbocycles. The number of β-amino-alcohol motifs (C(OH)–C–C–N with tert-alkyl or cyclic N) is 1. The van der Waals surface area contributed by atoms with Gasteiger partial charge in [-0.05, 0) is 31.2 Å². The molecular formula is C18H23FN4O3. The monoisotopic (exact) mass is 362 g/mol. The lowest BCUT2D eigenvalue weighted by Crippen LogP contribution is -2.49. The van der Waals surface area contributed by atoms with Gasteiger partial charge in [0.05, 0.1) is 18.8 Å². The molecule has 1 aliphatic rings. The Kier molecular flexibility index (Phi) is 5.97. The zero-order valence-corrected chi connectivity index (χ0v) is 14.7. The third-order valence-corrected chi connectivity index (χ3v) is 3.96. The molecule has 7 nitrogen and oxygen atoms in total. The van der Waals surface area contributed by atoms with Crippen LogP contribution in [-0.2, 0) is 4.74 Å². The number of halogens is 1. The van der Waals surface area contributed by atoms with Crippen LogP contribution in [0, 0.1) is 5.82 Å². The molecular weight excluding hydrogens is 339 g/mol. The number of ether oxygens (including phenoxy) is 2. The molecule has 1 aliphatic heterocycles. The van der Waals surface area contributed by atoms with E-state index in [1.165, 1.54) is 24.3 Å². The Morgan fingerprint density at radius 2 is 2.00 bits per heavy atom. The van der Waals surface area contributed by atoms with Gasteiger partial charge >= 0.3 is 0 Å². The van der Waals surface area contributed by atoms with Gasteiger partial charge in [0.15, 0.2) is 0 Å². The fourth-order valence-electron chi connectivity index (χ4n) is 2.67. The van der Waals surface area contributed by atoms with Gasteiger partial charge in [-0.1, -0.05) is 0 Å². The summed E-state index contributed by atoms with van der Waals surface area (Å²) in [6.07, 6.45) is 1.56. The Balaban J connectivity index is 1.55. The molecule has 2 aromatic rings. The Morgan fingerprint density at radius 1 is 1.27 bits per heavy atom. The van der Waals surface area contributed by atoms with Crippen molar-refractivity contribution in [1.82, 2.24) is 14.9 Å². The fourth-order valence-corrected chi connectivity index (χ4v) is 2.67. The third kappa shape index (κ3) is 5.62. The summed E-state index contributed by atoms with van der Waals surface area (Å²) in [6, 6.07) is 7.30. The van der Waals surface area contributed by atoms with Crippen molar-refractivity contribution in [3.8, 4) is 11.6 Å². The fraction of sp³-hybridized carbons (Fsp3) is 0.444. The van der Waals surface area contributed by atoms with Crippen molar-refractivity contribution < 1.29 is 19.0 Å². The largest absolute Gasteiger partial charge is 0.439 e. The highest BCUT2D eigenvalue weighted by Crippen LogP contribution is 2.20. The highest BCUT2D eigenvalue weighted by atomic mass is 19.1. The SMILES string of the molecule is CC(O)(CNc1nccc(Oc2ccc(F)cc2)n1)CN1CCOCC1. The van der Waals surface area contributed by atoms with Crippen LogP contribution in [-0.4, -0.2) is 65.0 Å². The molecule has 1 saturated heterocycles. The van der Waals surface area contributed by atoms with E-state index >= 15 is 0 Å². The highest BCUT2D eigenvalue weighted by molar-refractivity contribution is 5.31. The second-order valence-electron chi connectivity index (χ2n) is 6.51. The Hall–Kier alpha value is -2.29. The smallest absolute Gasteiger partial charge is 0.226 e. The van der Waals surface area contributed by atoms with Crippen molar-refractivity contribution in [2.24, 2.45) is 0 Å². The predicted molar refractivity (Wildman–Crippen MR) is 94.9 cm³/mol. The molecule has 3 rings (SSSR count). The van der Waals surface area contributed by atoms with Gasteiger partial charge in [-0.15, -0.1) is 0 Å². The van der Waals surface area contributed by atoms with Crippen LogP contribution in [0.5, 0.6) is 11.6 Å². The maximum absolute atomic E-state index is 12.9. The maximum Gasteiger partial charge on any atom is 0.226 e. The average molecular weight is 362 g/mol. The number of nitrogens with one attached hydrogen (secondary N) is 1. The quantitative estimate of drug-likeness (QED) is 0.779. The van der Waals surface area contributed by atoms with Crippen LogP contribution in [0.4, 0.5) is 10.3 Å². The van der Waals surface area contributed by atoms with Crippen LogP contribution in [0.15, 0.2) is 36.5 Å². The number of anilines is 1. The second kappa shape index (κ2) is 8.39. The second-order valence-corrected chi connectivity index (χ2v) is 6.51. The van der Waals surface area contributed by atoms with Crippen LogP contribution in [0.1, 0.15) is 6.92 Å². The minimum absolute atomic E-state index is 0.296. The van der Waals surface area contributed by atoms with E-state index in [1.807, 2.05) is 0 Å². The van der Waals surface area contributed by atoms with Crippen molar-refractivity contribution in [3.05, 3.63) is 42.3 Å². The Labute approximate surface area is 151 Å². The van der Waals surface area contributed by atoms with Gasteiger partial charge in [0.25, 0.3) is 0 Å². The summed E-state index contributed by atoms with van der Waals surface area (Å²) < 4.78 is 23.8. The molecule has 0 radical (unpaired) electrons. The van der Waals surface area contributed by atoms with Crippen LogP contribution in [0.3, 0.4) is 0 Å². The van der Waals surface area contributed by atoms with Gasteiger partial charge in [0.2, 0.25) is 11.8 Å². The van der Waals surface area contributed by atoms with Gasteiger partial charge in [0, 0.05) is 38.4 Å². The van der Waals surface area contributed by atoms with E-state index in [2.05, 4.69) is 20.2 Å². The number of nitrogens with zero attached hydrogens (tertiary/aromatic N) is 3. The molecule has 8 heteroatoms. The van der Waals surface area contributed by atoms with E-state index in [1.54, 1.807) is 19.2 Å². The number of rotatable bonds is 7. The maximum atomic E-state index is 12.9. The summed E-state index contributed by atoms with van der Waals surface area (Å²) in [5.41, 5.74) is -0.936. The van der Waals surface area contributed by atoms with Gasteiger partial charge in [-0.2, -0.15) is 4.98 Å². The van der Waals surface area contributed by atoms with E-state index in [4.69, 9.17) is 9.47 Å². The summed E-state index contributed by atoms with van der Waals surface area (Å²) in [5, 5.41) is 13.6. The van der Waals surface area contributed by atoms with Crippen LogP contribution >= 0.6 is 0 Å². The number of benzene rings is 1. The van der Waals surface area contributed by atoms with Crippen molar-refractivity contribution in [2.75, 3.05) is 44.7 Å². The minimum atomic E-state index is -0.936. The van der Waals surface area contributed by atoms with E-state index in [-0.39, 0.29) is 5.82 Å². The molecule has 1 atom stereocenters. The van der Waals surface area contributed by atoms with Gasteiger partial charge in [-0.3, -0.25) is 4.90 Å². The molecule has 140 valence electrons. The first-order valence-electron chi connectivity index (χ1n) is 8.53. The van der Waals surface area contributed by atoms with Gasteiger partial charge < -0.3 is 19.9 Å². The minimum Gasteiger partial charge on any atom is -0.439 e. The first kappa shape index (κ1) is 18.5. The number of hydrogen-bond acceptors (Lipinski definition) is 7. The molecule has 1 unspecified atom stereocenters. The summed E-state index contributed by atoms with van der Waals surface area (Å²) in [7, 11) is 0. The standard InChI is InChI=1S/C18H23FN4O3/c1-18(24,13-23-8-10-25-11-9-23)12-21-17-20-7-6-16(22-17)26-15-4-2-14(19)3-5-15/h2-7,24H,8-13H2,1H3,(H,20,21,22). The molecule has 0 bridgehead atoms. The Morgan fingerprint density at radius 3 is 2.73 bits per heavy atom. The molecule has 1 aromatic heterocycles. The molecule has 26 heavy (non-hydrogen) atoms. The number of aliphatic hydroxyl groups is 1. The number of aromatic nitrogens is 2. The molecule has 0 spiro atoms. The molecule has 0 amide bonds. The molecule has 0 saturated carbocycles. The predicted octanol–water partition coefficient (Wildman–Crippen LogP) is 1.90. The summed E-state index contributed by atoms with van der Waals surface area (Å²) in [6.45, 7) is 5.61. The van der Waals surface area contributed by atoms with E-state index in [0.717, 1.165) is 13.1 Å². The number of morpholine rings is 1. The molecule has 1 fully saturated rings. The molecule has 2 heterocycles. The van der Waals surface area contributed by atoms with Gasteiger partial charge in [0.1, 0.15) is 11.6 Å². The Bertz CT molecular complexity index is 706. The van der Waals surface area contributed by atoms with Crippen molar-refractivity contribution >= 4 is 5.95 Å². The first-order valence-corrected chi connectivity index (χ1v) is 8.53.